The second-order valence-corrected chi connectivity index (χ2v) is 7.80. The zero-order chi connectivity index (χ0) is 18.7. The molecular weight excluding hydrogens is 340 g/mol. The molecule has 2 aliphatic rings. The molecule has 1 saturated heterocycles. The second-order valence-electron chi connectivity index (χ2n) is 7.80. The van der Waals surface area contributed by atoms with Gasteiger partial charge in [-0.1, -0.05) is 24.6 Å². The molecular formula is C22H28N2O3. The normalized spacial score (nSPS) is 28.1. The van der Waals surface area contributed by atoms with E-state index < -0.39 is 5.60 Å². The Morgan fingerprint density at radius 1 is 1.11 bits per heavy atom. The fourth-order valence-corrected chi connectivity index (χ4v) is 4.86. The fourth-order valence-electron chi connectivity index (χ4n) is 4.86. The molecule has 1 aliphatic carbocycles. The SMILES string of the molecule is OCCOc1ccc(CN2C[C@H]3CCC[C@@H](C2)C3(O)c2cccnc2)cc1. The van der Waals surface area contributed by atoms with Crippen molar-refractivity contribution in [3.8, 4) is 5.75 Å². The van der Waals surface area contributed by atoms with Crippen molar-refractivity contribution in [3.05, 3.63) is 59.9 Å². The van der Waals surface area contributed by atoms with E-state index in [4.69, 9.17) is 9.84 Å². The van der Waals surface area contributed by atoms with Crippen molar-refractivity contribution in [1.29, 1.82) is 0 Å². The average Bonchev–Trinajstić information content (AvgIpc) is 2.69. The number of hydrogen-bond acceptors (Lipinski definition) is 5. The standard InChI is InChI=1S/C22H28N2O3/c25-11-12-27-21-8-6-17(7-9-21)14-24-15-19-3-1-4-20(16-24)22(19,26)18-5-2-10-23-13-18/h2,5-10,13,19-20,25-26H,1,3-4,11-12,14-16H2/t19-,20+,22?. The lowest BCUT2D eigenvalue weighted by Gasteiger charge is -2.53. The molecule has 4 rings (SSSR count). The Morgan fingerprint density at radius 3 is 2.48 bits per heavy atom. The highest BCUT2D eigenvalue weighted by Crippen LogP contribution is 2.49. The first-order valence-electron chi connectivity index (χ1n) is 9.88. The highest BCUT2D eigenvalue weighted by atomic mass is 16.5. The van der Waals surface area contributed by atoms with Crippen molar-refractivity contribution < 1.29 is 14.9 Å². The largest absolute Gasteiger partial charge is 0.491 e. The molecule has 0 spiro atoms. The number of aromatic nitrogens is 1. The van der Waals surface area contributed by atoms with Crippen LogP contribution in [-0.2, 0) is 12.1 Å². The van der Waals surface area contributed by atoms with Crippen LogP contribution in [0.1, 0.15) is 30.4 Å². The third-order valence-electron chi connectivity index (χ3n) is 6.12. The number of aliphatic hydroxyl groups is 2. The number of ether oxygens (including phenoxy) is 1. The minimum atomic E-state index is -0.745. The van der Waals surface area contributed by atoms with Crippen LogP contribution in [0.2, 0.25) is 0 Å². The maximum Gasteiger partial charge on any atom is 0.119 e. The van der Waals surface area contributed by atoms with E-state index in [1.54, 1.807) is 6.20 Å². The first kappa shape index (κ1) is 18.4. The number of likely N-dealkylation sites (tertiary alicyclic amines) is 1. The van der Waals surface area contributed by atoms with Gasteiger partial charge >= 0.3 is 0 Å². The molecule has 2 bridgehead atoms. The van der Waals surface area contributed by atoms with Gasteiger partial charge in [0.15, 0.2) is 0 Å². The van der Waals surface area contributed by atoms with Crippen LogP contribution in [0.25, 0.3) is 0 Å². The lowest BCUT2D eigenvalue weighted by atomic mass is 9.63. The third-order valence-corrected chi connectivity index (χ3v) is 6.12. The first-order valence-corrected chi connectivity index (χ1v) is 9.88. The molecule has 1 aliphatic heterocycles. The van der Waals surface area contributed by atoms with Crippen molar-refractivity contribution in [3.63, 3.8) is 0 Å². The van der Waals surface area contributed by atoms with Crippen LogP contribution in [0.15, 0.2) is 48.8 Å². The van der Waals surface area contributed by atoms with Crippen LogP contribution in [-0.4, -0.2) is 46.4 Å². The number of fused-ring (bicyclic) bond motifs is 2. The molecule has 0 amide bonds. The summed E-state index contributed by atoms with van der Waals surface area (Å²) in [5.74, 6) is 1.29. The summed E-state index contributed by atoms with van der Waals surface area (Å²) in [5.41, 5.74) is 1.48. The zero-order valence-electron chi connectivity index (χ0n) is 15.6. The monoisotopic (exact) mass is 368 g/mol. The molecule has 2 heterocycles. The van der Waals surface area contributed by atoms with Crippen LogP contribution in [0, 0.1) is 11.8 Å². The van der Waals surface area contributed by atoms with Crippen LogP contribution < -0.4 is 4.74 Å². The minimum Gasteiger partial charge on any atom is -0.491 e. The molecule has 5 heteroatoms. The molecule has 3 atom stereocenters. The van der Waals surface area contributed by atoms with Gasteiger partial charge in [-0.3, -0.25) is 9.88 Å². The zero-order valence-corrected chi connectivity index (χ0v) is 15.6. The summed E-state index contributed by atoms with van der Waals surface area (Å²) in [7, 11) is 0. The molecule has 2 aromatic rings. The Balaban J connectivity index is 1.46. The second kappa shape index (κ2) is 7.97. The van der Waals surface area contributed by atoms with E-state index in [1.165, 1.54) is 12.0 Å². The summed E-state index contributed by atoms with van der Waals surface area (Å²) >= 11 is 0. The van der Waals surface area contributed by atoms with Crippen LogP contribution >= 0.6 is 0 Å². The maximum atomic E-state index is 11.6. The summed E-state index contributed by atoms with van der Waals surface area (Å²) < 4.78 is 5.43. The van der Waals surface area contributed by atoms with E-state index in [0.717, 1.165) is 43.8 Å². The van der Waals surface area contributed by atoms with Crippen LogP contribution in [0.3, 0.4) is 0 Å². The highest BCUT2D eigenvalue weighted by molar-refractivity contribution is 5.28. The van der Waals surface area contributed by atoms with Crippen molar-refractivity contribution in [1.82, 2.24) is 9.88 Å². The quantitative estimate of drug-likeness (QED) is 0.820. The Hall–Kier alpha value is -1.95. The molecule has 144 valence electrons. The van der Waals surface area contributed by atoms with Gasteiger partial charge in [0.25, 0.3) is 0 Å². The number of nitrogens with zero attached hydrogens (tertiary/aromatic N) is 2. The van der Waals surface area contributed by atoms with E-state index in [2.05, 4.69) is 22.0 Å². The summed E-state index contributed by atoms with van der Waals surface area (Å²) in [6.45, 7) is 3.05. The highest BCUT2D eigenvalue weighted by Gasteiger charge is 2.51. The maximum absolute atomic E-state index is 11.6. The van der Waals surface area contributed by atoms with Crippen molar-refractivity contribution >= 4 is 0 Å². The average molecular weight is 368 g/mol. The number of rotatable bonds is 6. The molecule has 27 heavy (non-hydrogen) atoms. The van der Waals surface area contributed by atoms with Gasteiger partial charge in [-0.05, 0) is 36.6 Å². The van der Waals surface area contributed by atoms with E-state index in [-0.39, 0.29) is 18.4 Å². The van der Waals surface area contributed by atoms with Gasteiger partial charge in [0.1, 0.15) is 12.4 Å². The number of hydrogen-bond donors (Lipinski definition) is 2. The molecule has 1 aromatic heterocycles. The summed E-state index contributed by atoms with van der Waals surface area (Å²) in [4.78, 5) is 6.72. The van der Waals surface area contributed by atoms with E-state index in [0.29, 0.717) is 6.61 Å². The smallest absolute Gasteiger partial charge is 0.119 e. The Morgan fingerprint density at radius 2 is 1.85 bits per heavy atom. The number of benzene rings is 1. The lowest BCUT2D eigenvalue weighted by Crippen LogP contribution is -2.57. The number of pyridine rings is 1. The predicted molar refractivity (Wildman–Crippen MR) is 103 cm³/mol. The van der Waals surface area contributed by atoms with E-state index in [9.17, 15) is 5.11 Å². The van der Waals surface area contributed by atoms with Gasteiger partial charge in [-0.15, -0.1) is 0 Å². The molecule has 1 unspecified atom stereocenters. The van der Waals surface area contributed by atoms with Gasteiger partial charge in [-0.2, -0.15) is 0 Å². The molecule has 2 N–H and O–H groups in total. The van der Waals surface area contributed by atoms with Gasteiger partial charge in [-0.25, -0.2) is 0 Å². The predicted octanol–water partition coefficient (Wildman–Crippen LogP) is 2.57. The third kappa shape index (κ3) is 3.72. The van der Waals surface area contributed by atoms with Gasteiger partial charge in [0.05, 0.1) is 12.2 Å². The Labute approximate surface area is 160 Å². The van der Waals surface area contributed by atoms with Crippen LogP contribution in [0.4, 0.5) is 0 Å². The Kier molecular flexibility index (Phi) is 5.43. The van der Waals surface area contributed by atoms with Crippen LogP contribution in [0.5, 0.6) is 5.75 Å². The molecule has 5 nitrogen and oxygen atoms in total. The van der Waals surface area contributed by atoms with Gasteiger partial charge in [0, 0.05) is 49.4 Å². The van der Waals surface area contributed by atoms with E-state index in [1.807, 2.05) is 30.5 Å². The first-order chi connectivity index (χ1) is 13.2. The molecule has 1 aromatic carbocycles. The summed E-state index contributed by atoms with van der Waals surface area (Å²) in [5, 5.41) is 20.5. The summed E-state index contributed by atoms with van der Waals surface area (Å²) in [6.07, 6.45) is 6.93. The summed E-state index contributed by atoms with van der Waals surface area (Å²) in [6, 6.07) is 12.0. The van der Waals surface area contributed by atoms with Crippen molar-refractivity contribution in [2.75, 3.05) is 26.3 Å². The van der Waals surface area contributed by atoms with Gasteiger partial charge in [0.2, 0.25) is 0 Å². The molecule has 2 fully saturated rings. The van der Waals surface area contributed by atoms with Crippen molar-refractivity contribution in [2.45, 2.75) is 31.4 Å². The van der Waals surface area contributed by atoms with Crippen molar-refractivity contribution in [2.24, 2.45) is 11.8 Å². The molecule has 0 radical (unpaired) electrons. The van der Waals surface area contributed by atoms with Gasteiger partial charge < -0.3 is 14.9 Å². The number of piperidine rings is 1. The topological polar surface area (TPSA) is 65.8 Å². The lowest BCUT2D eigenvalue weighted by molar-refractivity contribution is -0.148. The molecule has 1 saturated carbocycles. The van der Waals surface area contributed by atoms with E-state index >= 15 is 0 Å². The fraction of sp³-hybridized carbons (Fsp3) is 0.500. The number of aliphatic hydroxyl groups excluding tert-OH is 1. The minimum absolute atomic E-state index is 0.0259. The Bertz CT molecular complexity index is 721.